The summed E-state index contributed by atoms with van der Waals surface area (Å²) in [5, 5.41) is 3.21. The van der Waals surface area contributed by atoms with Crippen molar-refractivity contribution < 1.29 is 9.47 Å². The molecule has 0 atom stereocenters. The number of fused-ring (bicyclic) bond motifs is 1. The highest BCUT2D eigenvalue weighted by atomic mass is 16.7. The summed E-state index contributed by atoms with van der Waals surface area (Å²) in [5.41, 5.74) is 7.60. The lowest BCUT2D eigenvalue weighted by Gasteiger charge is -2.20. The third-order valence-corrected chi connectivity index (χ3v) is 3.71. The summed E-state index contributed by atoms with van der Waals surface area (Å²) in [6, 6.07) is 5.62. The Morgan fingerprint density at radius 1 is 1.26 bits per heavy atom. The largest absolute Gasteiger partial charge is 0.454 e. The minimum absolute atomic E-state index is 0.251. The van der Waals surface area contributed by atoms with Crippen molar-refractivity contribution in [1.29, 1.82) is 0 Å². The van der Waals surface area contributed by atoms with Crippen LogP contribution in [0.5, 0.6) is 11.5 Å². The molecule has 1 aromatic carbocycles. The molecule has 0 radical (unpaired) electrons. The van der Waals surface area contributed by atoms with Gasteiger partial charge < -0.3 is 25.4 Å². The van der Waals surface area contributed by atoms with Gasteiger partial charge in [-0.15, -0.1) is 0 Å². The highest BCUT2D eigenvalue weighted by Crippen LogP contribution is 2.36. The number of nitrogens with two attached hydrogens (primary N) is 1. The fraction of sp³-hybridized carbons (Fsp3) is 0.375. The molecule has 1 aromatic heterocycles. The number of ether oxygens (including phenoxy) is 2. The van der Waals surface area contributed by atoms with E-state index in [0.29, 0.717) is 17.3 Å². The zero-order valence-corrected chi connectivity index (χ0v) is 13.4. The Hall–Kier alpha value is -2.70. The normalized spacial score (nSPS) is 12.3. The molecule has 23 heavy (non-hydrogen) atoms. The first-order valence-corrected chi connectivity index (χ1v) is 7.67. The van der Waals surface area contributed by atoms with Crippen LogP contribution in [0.1, 0.15) is 19.8 Å². The molecule has 2 aromatic rings. The van der Waals surface area contributed by atoms with Crippen LogP contribution in [0.2, 0.25) is 0 Å². The molecule has 3 rings (SSSR count). The Balaban J connectivity index is 1.80. The third-order valence-electron chi connectivity index (χ3n) is 3.71. The molecule has 1 aliphatic rings. The molecular formula is C16H21N5O2. The van der Waals surface area contributed by atoms with Gasteiger partial charge in [0.2, 0.25) is 6.79 Å². The lowest BCUT2D eigenvalue weighted by Crippen LogP contribution is -2.21. The van der Waals surface area contributed by atoms with Gasteiger partial charge in [-0.1, -0.05) is 13.3 Å². The van der Waals surface area contributed by atoms with Crippen LogP contribution in [0.4, 0.5) is 23.0 Å². The zero-order valence-electron chi connectivity index (χ0n) is 13.4. The van der Waals surface area contributed by atoms with Crippen LogP contribution >= 0.6 is 0 Å². The summed E-state index contributed by atoms with van der Waals surface area (Å²) in [6.45, 7) is 3.31. The standard InChI is InChI=1S/C16H21N5O2/c1-3-4-7-21(2)16-14(17)15(18-9-19-16)20-11-5-6-12-13(8-11)23-10-22-12/h5-6,8-9H,3-4,7,10,17H2,1-2H3,(H,18,19,20). The molecule has 7 nitrogen and oxygen atoms in total. The SMILES string of the molecule is CCCCN(C)c1ncnc(Nc2ccc3c(c2)OCO3)c1N. The van der Waals surface area contributed by atoms with E-state index in [2.05, 4.69) is 22.2 Å². The van der Waals surface area contributed by atoms with E-state index in [1.54, 1.807) is 0 Å². The zero-order chi connectivity index (χ0) is 16.2. The van der Waals surface area contributed by atoms with Crippen molar-refractivity contribution in [3.8, 4) is 11.5 Å². The monoisotopic (exact) mass is 315 g/mol. The average Bonchev–Trinajstić information content (AvgIpc) is 3.02. The van der Waals surface area contributed by atoms with E-state index in [4.69, 9.17) is 15.2 Å². The second-order valence-electron chi connectivity index (χ2n) is 5.43. The van der Waals surface area contributed by atoms with Crippen LogP contribution in [-0.2, 0) is 0 Å². The van der Waals surface area contributed by atoms with Crippen LogP contribution in [0.15, 0.2) is 24.5 Å². The lowest BCUT2D eigenvalue weighted by molar-refractivity contribution is 0.174. The summed E-state index contributed by atoms with van der Waals surface area (Å²) < 4.78 is 10.7. The molecule has 0 aliphatic carbocycles. The van der Waals surface area contributed by atoms with Crippen molar-refractivity contribution >= 4 is 23.0 Å². The minimum atomic E-state index is 0.251. The van der Waals surface area contributed by atoms with Gasteiger partial charge in [0.1, 0.15) is 12.0 Å². The van der Waals surface area contributed by atoms with Gasteiger partial charge in [-0.3, -0.25) is 0 Å². The van der Waals surface area contributed by atoms with Crippen molar-refractivity contribution in [2.45, 2.75) is 19.8 Å². The highest BCUT2D eigenvalue weighted by Gasteiger charge is 2.15. The molecule has 3 N–H and O–H groups in total. The maximum atomic E-state index is 6.23. The van der Waals surface area contributed by atoms with Gasteiger partial charge in [-0.05, 0) is 18.6 Å². The van der Waals surface area contributed by atoms with E-state index in [0.717, 1.165) is 36.6 Å². The molecule has 0 saturated carbocycles. The molecular weight excluding hydrogens is 294 g/mol. The topological polar surface area (TPSA) is 85.5 Å². The molecule has 2 heterocycles. The summed E-state index contributed by atoms with van der Waals surface area (Å²) in [4.78, 5) is 10.6. The third kappa shape index (κ3) is 3.23. The smallest absolute Gasteiger partial charge is 0.231 e. The maximum absolute atomic E-state index is 6.23. The van der Waals surface area contributed by atoms with Crippen LogP contribution in [0.3, 0.4) is 0 Å². The van der Waals surface area contributed by atoms with E-state index >= 15 is 0 Å². The van der Waals surface area contributed by atoms with Gasteiger partial charge >= 0.3 is 0 Å². The number of benzene rings is 1. The Morgan fingerprint density at radius 2 is 2.09 bits per heavy atom. The predicted octanol–water partition coefficient (Wildman–Crippen LogP) is 2.77. The van der Waals surface area contributed by atoms with Crippen LogP contribution < -0.4 is 25.4 Å². The van der Waals surface area contributed by atoms with Crippen LogP contribution in [0, 0.1) is 0 Å². The maximum Gasteiger partial charge on any atom is 0.231 e. The van der Waals surface area contributed by atoms with Gasteiger partial charge in [0, 0.05) is 25.3 Å². The first-order valence-electron chi connectivity index (χ1n) is 7.67. The van der Waals surface area contributed by atoms with Crippen molar-refractivity contribution in [3.63, 3.8) is 0 Å². The first kappa shape index (κ1) is 15.2. The average molecular weight is 315 g/mol. The summed E-state index contributed by atoms with van der Waals surface area (Å²) >= 11 is 0. The van der Waals surface area contributed by atoms with Crippen molar-refractivity contribution in [2.24, 2.45) is 0 Å². The first-order chi connectivity index (χ1) is 11.2. The Labute approximate surface area is 135 Å². The summed E-state index contributed by atoms with van der Waals surface area (Å²) in [7, 11) is 1.98. The molecule has 1 aliphatic heterocycles. The lowest BCUT2D eigenvalue weighted by atomic mass is 10.2. The van der Waals surface area contributed by atoms with Gasteiger partial charge in [0.25, 0.3) is 0 Å². The summed E-state index contributed by atoms with van der Waals surface area (Å²) in [6.07, 6.45) is 3.73. The van der Waals surface area contributed by atoms with Gasteiger partial charge in [-0.2, -0.15) is 0 Å². The van der Waals surface area contributed by atoms with E-state index in [9.17, 15) is 0 Å². The number of hydrogen-bond donors (Lipinski definition) is 2. The molecule has 0 bridgehead atoms. The Kier molecular flexibility index (Phi) is 4.36. The summed E-state index contributed by atoms with van der Waals surface area (Å²) in [5.74, 6) is 2.77. The molecule has 0 fully saturated rings. The van der Waals surface area contributed by atoms with E-state index < -0.39 is 0 Å². The number of rotatable bonds is 6. The molecule has 0 spiro atoms. The quantitative estimate of drug-likeness (QED) is 0.847. The van der Waals surface area contributed by atoms with E-state index in [-0.39, 0.29) is 6.79 Å². The van der Waals surface area contributed by atoms with E-state index in [1.165, 1.54) is 6.33 Å². The second-order valence-corrected chi connectivity index (χ2v) is 5.43. The van der Waals surface area contributed by atoms with Gasteiger partial charge in [0.05, 0.1) is 0 Å². The van der Waals surface area contributed by atoms with Crippen molar-refractivity contribution in [3.05, 3.63) is 24.5 Å². The number of nitrogens with one attached hydrogen (secondary N) is 1. The molecule has 122 valence electrons. The number of nitrogens with zero attached hydrogens (tertiary/aromatic N) is 3. The molecule has 0 amide bonds. The molecule has 0 saturated heterocycles. The Bertz CT molecular complexity index is 692. The van der Waals surface area contributed by atoms with Crippen LogP contribution in [0.25, 0.3) is 0 Å². The number of aromatic nitrogens is 2. The predicted molar refractivity (Wildman–Crippen MR) is 90.5 cm³/mol. The Morgan fingerprint density at radius 3 is 2.91 bits per heavy atom. The van der Waals surface area contributed by atoms with Gasteiger partial charge in [-0.25, -0.2) is 9.97 Å². The van der Waals surface area contributed by atoms with Gasteiger partial charge in [0.15, 0.2) is 23.1 Å². The second kappa shape index (κ2) is 6.60. The van der Waals surface area contributed by atoms with Crippen LogP contribution in [-0.4, -0.2) is 30.4 Å². The fourth-order valence-electron chi connectivity index (χ4n) is 2.40. The number of anilines is 4. The van der Waals surface area contributed by atoms with Crippen molar-refractivity contribution in [1.82, 2.24) is 9.97 Å². The van der Waals surface area contributed by atoms with Crippen molar-refractivity contribution in [2.75, 3.05) is 36.3 Å². The van der Waals surface area contributed by atoms with E-state index in [1.807, 2.05) is 30.1 Å². The number of hydrogen-bond acceptors (Lipinski definition) is 7. The fourth-order valence-corrected chi connectivity index (χ4v) is 2.40. The number of unbranched alkanes of at least 4 members (excludes halogenated alkanes) is 1. The molecule has 7 heteroatoms. The minimum Gasteiger partial charge on any atom is -0.454 e. The number of nitrogen functional groups attached to an aromatic ring is 1. The molecule has 0 unspecified atom stereocenters. The highest BCUT2D eigenvalue weighted by molar-refractivity contribution is 5.78.